The number of rotatable bonds is 0. The Kier molecular flexibility index (Phi) is 2.50. The molecule has 0 fully saturated rings. The second-order valence-electron chi connectivity index (χ2n) is 3.63. The van der Waals surface area contributed by atoms with E-state index in [9.17, 15) is 5.11 Å². The topological polar surface area (TPSA) is 32.3 Å². The highest BCUT2D eigenvalue weighted by atomic mass is 35.5. The van der Waals surface area contributed by atoms with Gasteiger partial charge in [0.25, 0.3) is 0 Å². The van der Waals surface area contributed by atoms with Gasteiger partial charge in [0.15, 0.2) is 5.75 Å². The van der Waals surface area contributed by atoms with E-state index in [1.54, 1.807) is 6.07 Å². The molecule has 4 heteroatoms. The van der Waals surface area contributed by atoms with E-state index in [1.807, 2.05) is 0 Å². The monoisotopic (exact) mass is 231 g/mol. The first-order chi connectivity index (χ1) is 6.59. The van der Waals surface area contributed by atoms with E-state index in [4.69, 9.17) is 23.2 Å². The first-order valence-electron chi connectivity index (χ1n) is 4.56. The number of anilines is 1. The highest BCUT2D eigenvalue weighted by Gasteiger charge is 2.21. The minimum atomic E-state index is 0.109. The number of phenols is 1. The number of aromatic hydroxyl groups is 1. The number of hydrogen-bond acceptors (Lipinski definition) is 2. The van der Waals surface area contributed by atoms with E-state index in [0.29, 0.717) is 21.8 Å². The van der Waals surface area contributed by atoms with Crippen LogP contribution in [0, 0.1) is 0 Å². The van der Waals surface area contributed by atoms with Crippen LogP contribution < -0.4 is 5.32 Å². The fourth-order valence-electron chi connectivity index (χ4n) is 1.73. The second kappa shape index (κ2) is 3.52. The number of hydrogen-bond donors (Lipinski definition) is 2. The number of phenolic OH excluding ortho intramolecular Hbond substituents is 1. The Morgan fingerprint density at radius 1 is 1.43 bits per heavy atom. The summed E-state index contributed by atoms with van der Waals surface area (Å²) in [6.45, 7) is 2.07. The second-order valence-corrected chi connectivity index (χ2v) is 4.44. The summed E-state index contributed by atoms with van der Waals surface area (Å²) in [6.07, 6.45) is 1.90. The maximum atomic E-state index is 9.73. The Labute approximate surface area is 92.8 Å². The van der Waals surface area contributed by atoms with E-state index in [1.165, 1.54) is 0 Å². The Balaban J connectivity index is 2.57. The van der Waals surface area contributed by atoms with E-state index in [2.05, 4.69) is 12.2 Å². The number of benzene rings is 1. The van der Waals surface area contributed by atoms with Crippen LogP contribution in [-0.2, 0) is 6.42 Å². The smallest absolute Gasteiger partial charge is 0.157 e. The SMILES string of the molecule is C[C@H]1CCc2c(Cl)cc(Cl)c(O)c2N1. The summed E-state index contributed by atoms with van der Waals surface area (Å²) in [5.74, 6) is 0.109. The standard InChI is InChI=1S/C10H11Cl2NO/c1-5-2-3-6-7(11)4-8(12)10(14)9(6)13-5/h4-5,13-14H,2-3H2,1H3/t5-/m0/s1. The van der Waals surface area contributed by atoms with Crippen LogP contribution in [-0.4, -0.2) is 11.1 Å². The number of fused-ring (bicyclic) bond motifs is 1. The Morgan fingerprint density at radius 2 is 2.14 bits per heavy atom. The van der Waals surface area contributed by atoms with Gasteiger partial charge in [0.1, 0.15) is 0 Å². The van der Waals surface area contributed by atoms with Crippen molar-refractivity contribution < 1.29 is 5.11 Å². The van der Waals surface area contributed by atoms with Crippen molar-refractivity contribution in [1.82, 2.24) is 0 Å². The fraction of sp³-hybridized carbons (Fsp3) is 0.400. The average Bonchev–Trinajstić information content (AvgIpc) is 2.14. The molecule has 0 bridgehead atoms. The van der Waals surface area contributed by atoms with Crippen molar-refractivity contribution in [1.29, 1.82) is 0 Å². The molecular formula is C10H11Cl2NO. The van der Waals surface area contributed by atoms with Crippen LogP contribution in [0.3, 0.4) is 0 Å². The molecule has 2 N–H and O–H groups in total. The van der Waals surface area contributed by atoms with Crippen molar-refractivity contribution in [3.05, 3.63) is 21.7 Å². The molecule has 0 unspecified atom stereocenters. The minimum Gasteiger partial charge on any atom is -0.504 e. The molecule has 0 radical (unpaired) electrons. The normalized spacial score (nSPS) is 20.1. The van der Waals surface area contributed by atoms with Gasteiger partial charge < -0.3 is 10.4 Å². The van der Waals surface area contributed by atoms with Gasteiger partial charge in [0.2, 0.25) is 0 Å². The van der Waals surface area contributed by atoms with Crippen molar-refractivity contribution >= 4 is 28.9 Å². The van der Waals surface area contributed by atoms with Gasteiger partial charge in [-0.25, -0.2) is 0 Å². The van der Waals surface area contributed by atoms with Crippen LogP contribution >= 0.6 is 23.2 Å². The van der Waals surface area contributed by atoms with Crippen LogP contribution in [0.25, 0.3) is 0 Å². The lowest BCUT2D eigenvalue weighted by molar-refractivity contribution is 0.473. The molecule has 2 nitrogen and oxygen atoms in total. The fourth-order valence-corrected chi connectivity index (χ4v) is 2.29. The molecular weight excluding hydrogens is 221 g/mol. The Hall–Kier alpha value is -0.600. The first-order valence-corrected chi connectivity index (χ1v) is 5.31. The Bertz CT molecular complexity index is 379. The summed E-state index contributed by atoms with van der Waals surface area (Å²) >= 11 is 11.9. The van der Waals surface area contributed by atoms with E-state index in [-0.39, 0.29) is 5.75 Å². The molecule has 1 aromatic carbocycles. The van der Waals surface area contributed by atoms with Gasteiger partial charge in [-0.15, -0.1) is 0 Å². The first kappa shape index (κ1) is 9.94. The molecule has 0 spiro atoms. The van der Waals surface area contributed by atoms with E-state index < -0.39 is 0 Å². The summed E-state index contributed by atoms with van der Waals surface area (Å²) in [4.78, 5) is 0. The zero-order valence-corrected chi connectivity index (χ0v) is 9.28. The molecule has 0 amide bonds. The Morgan fingerprint density at radius 3 is 2.86 bits per heavy atom. The molecule has 0 aromatic heterocycles. The van der Waals surface area contributed by atoms with E-state index >= 15 is 0 Å². The summed E-state index contributed by atoms with van der Waals surface area (Å²) < 4.78 is 0. The van der Waals surface area contributed by atoms with Crippen molar-refractivity contribution in [2.24, 2.45) is 0 Å². The quantitative estimate of drug-likeness (QED) is 0.671. The summed E-state index contributed by atoms with van der Waals surface area (Å²) in [7, 11) is 0. The van der Waals surface area contributed by atoms with Crippen LogP contribution in [0.4, 0.5) is 5.69 Å². The predicted octanol–water partition coefficient (Wildman–Crippen LogP) is 3.45. The van der Waals surface area contributed by atoms with Gasteiger partial charge in [-0.2, -0.15) is 0 Å². The maximum absolute atomic E-state index is 9.73. The summed E-state index contributed by atoms with van der Waals surface area (Å²) in [5.41, 5.74) is 1.66. The van der Waals surface area contributed by atoms with Crippen LogP contribution in [0.15, 0.2) is 6.07 Å². The van der Waals surface area contributed by atoms with Crippen molar-refractivity contribution in [2.75, 3.05) is 5.32 Å². The average molecular weight is 232 g/mol. The molecule has 1 aromatic rings. The lowest BCUT2D eigenvalue weighted by Gasteiger charge is -2.26. The molecule has 1 aliphatic heterocycles. The molecule has 1 atom stereocenters. The molecule has 0 saturated heterocycles. The molecule has 2 rings (SSSR count). The number of halogens is 2. The summed E-state index contributed by atoms with van der Waals surface area (Å²) in [6, 6.07) is 1.94. The van der Waals surface area contributed by atoms with Gasteiger partial charge in [-0.3, -0.25) is 0 Å². The maximum Gasteiger partial charge on any atom is 0.157 e. The number of nitrogens with one attached hydrogen (secondary N) is 1. The molecule has 14 heavy (non-hydrogen) atoms. The molecule has 0 aliphatic carbocycles. The molecule has 76 valence electrons. The van der Waals surface area contributed by atoms with Gasteiger partial charge in [-0.05, 0) is 31.4 Å². The van der Waals surface area contributed by atoms with Crippen molar-refractivity contribution in [3.8, 4) is 5.75 Å². The van der Waals surface area contributed by atoms with Gasteiger partial charge in [0.05, 0.1) is 10.7 Å². The van der Waals surface area contributed by atoms with Crippen LogP contribution in [0.1, 0.15) is 18.9 Å². The largest absolute Gasteiger partial charge is 0.504 e. The molecule has 0 saturated carbocycles. The predicted molar refractivity (Wildman–Crippen MR) is 59.5 cm³/mol. The third kappa shape index (κ3) is 1.53. The van der Waals surface area contributed by atoms with Crippen LogP contribution in [0.5, 0.6) is 5.75 Å². The van der Waals surface area contributed by atoms with Crippen molar-refractivity contribution in [2.45, 2.75) is 25.8 Å². The van der Waals surface area contributed by atoms with Gasteiger partial charge in [-0.1, -0.05) is 23.2 Å². The van der Waals surface area contributed by atoms with Crippen molar-refractivity contribution in [3.63, 3.8) is 0 Å². The minimum absolute atomic E-state index is 0.109. The van der Waals surface area contributed by atoms with Crippen LogP contribution in [0.2, 0.25) is 10.0 Å². The highest BCUT2D eigenvalue weighted by molar-refractivity contribution is 6.36. The van der Waals surface area contributed by atoms with Gasteiger partial charge >= 0.3 is 0 Å². The molecule has 1 aliphatic rings. The third-order valence-electron chi connectivity index (χ3n) is 2.52. The van der Waals surface area contributed by atoms with Gasteiger partial charge in [0, 0.05) is 11.1 Å². The summed E-state index contributed by atoms with van der Waals surface area (Å²) in [5, 5.41) is 13.9. The lowest BCUT2D eigenvalue weighted by atomic mass is 9.98. The molecule has 1 heterocycles. The highest BCUT2D eigenvalue weighted by Crippen LogP contribution is 2.42. The third-order valence-corrected chi connectivity index (χ3v) is 3.15. The zero-order valence-electron chi connectivity index (χ0n) is 7.77. The lowest BCUT2D eigenvalue weighted by Crippen LogP contribution is -2.22. The zero-order chi connectivity index (χ0) is 10.3. The van der Waals surface area contributed by atoms with E-state index in [0.717, 1.165) is 18.4 Å².